The quantitative estimate of drug-likeness (QED) is 0.877. The summed E-state index contributed by atoms with van der Waals surface area (Å²) < 4.78 is 13.4. The van der Waals surface area contributed by atoms with E-state index in [-0.39, 0.29) is 29.8 Å². The molecule has 120 valence electrons. The van der Waals surface area contributed by atoms with Gasteiger partial charge < -0.3 is 15.3 Å². The van der Waals surface area contributed by atoms with Crippen molar-refractivity contribution in [3.8, 4) is 0 Å². The molecule has 1 aliphatic carbocycles. The minimum Gasteiger partial charge on any atom is -0.393 e. The number of aliphatic hydroxyl groups excluding tert-OH is 1. The Labute approximate surface area is 130 Å². The molecule has 5 heteroatoms. The van der Waals surface area contributed by atoms with E-state index in [0.29, 0.717) is 13.1 Å². The molecule has 1 heterocycles. The molecular weight excluding hydrogens is 283 g/mol. The van der Waals surface area contributed by atoms with Crippen molar-refractivity contribution in [3.05, 3.63) is 35.6 Å². The molecule has 2 aliphatic rings. The second-order valence-corrected chi connectivity index (χ2v) is 6.35. The predicted octanol–water partition coefficient (Wildman–Crippen LogP) is 1.85. The van der Waals surface area contributed by atoms with Gasteiger partial charge in [-0.2, -0.15) is 0 Å². The minimum atomic E-state index is -0.246. The number of nitrogens with zero attached hydrogens (tertiary/aromatic N) is 1. The molecule has 2 fully saturated rings. The highest BCUT2D eigenvalue weighted by Gasteiger charge is 2.31. The molecule has 0 radical (unpaired) electrons. The van der Waals surface area contributed by atoms with Crippen LogP contribution >= 0.6 is 0 Å². The van der Waals surface area contributed by atoms with Crippen molar-refractivity contribution < 1.29 is 14.3 Å². The van der Waals surface area contributed by atoms with E-state index in [1.165, 1.54) is 12.1 Å². The fourth-order valence-electron chi connectivity index (χ4n) is 3.48. The van der Waals surface area contributed by atoms with E-state index in [0.717, 1.165) is 37.8 Å². The normalized spacial score (nSPS) is 29.4. The van der Waals surface area contributed by atoms with Crippen molar-refractivity contribution >= 4 is 5.91 Å². The molecule has 22 heavy (non-hydrogen) atoms. The average molecular weight is 306 g/mol. The lowest BCUT2D eigenvalue weighted by atomic mass is 9.86. The van der Waals surface area contributed by atoms with Gasteiger partial charge in [-0.3, -0.25) is 4.79 Å². The molecule has 4 nitrogen and oxygen atoms in total. The Kier molecular flexibility index (Phi) is 4.74. The highest BCUT2D eigenvalue weighted by Crippen LogP contribution is 2.27. The van der Waals surface area contributed by atoms with Gasteiger partial charge in [0.1, 0.15) is 5.82 Å². The first-order valence-electron chi connectivity index (χ1n) is 8.09. The SMILES string of the molecule is O=C(C1CCC(O)CC1)N1CCNC(c2cccc(F)c2)C1. The van der Waals surface area contributed by atoms with Crippen LogP contribution in [0.2, 0.25) is 0 Å². The van der Waals surface area contributed by atoms with Gasteiger partial charge in [-0.1, -0.05) is 12.1 Å². The van der Waals surface area contributed by atoms with Crippen molar-refractivity contribution in [1.82, 2.24) is 10.2 Å². The topological polar surface area (TPSA) is 52.6 Å². The smallest absolute Gasteiger partial charge is 0.225 e. The van der Waals surface area contributed by atoms with Gasteiger partial charge in [-0.05, 0) is 43.4 Å². The third kappa shape index (κ3) is 3.47. The maximum atomic E-state index is 13.4. The van der Waals surface area contributed by atoms with Gasteiger partial charge >= 0.3 is 0 Å². The Balaban J connectivity index is 1.64. The Hall–Kier alpha value is -1.46. The monoisotopic (exact) mass is 306 g/mol. The molecule has 2 N–H and O–H groups in total. The number of piperazine rings is 1. The van der Waals surface area contributed by atoms with Gasteiger partial charge in [0, 0.05) is 25.6 Å². The predicted molar refractivity (Wildman–Crippen MR) is 81.7 cm³/mol. The van der Waals surface area contributed by atoms with Crippen LogP contribution in [0.4, 0.5) is 4.39 Å². The third-order valence-electron chi connectivity index (χ3n) is 4.78. The van der Waals surface area contributed by atoms with E-state index in [1.807, 2.05) is 11.0 Å². The Morgan fingerprint density at radius 2 is 2.05 bits per heavy atom. The molecule has 1 unspecified atom stereocenters. The second kappa shape index (κ2) is 6.75. The third-order valence-corrected chi connectivity index (χ3v) is 4.78. The Bertz CT molecular complexity index is 529. The summed E-state index contributed by atoms with van der Waals surface area (Å²) in [6.45, 7) is 2.01. The van der Waals surface area contributed by atoms with Gasteiger partial charge in [0.25, 0.3) is 0 Å². The molecule has 0 aromatic heterocycles. The van der Waals surface area contributed by atoms with Crippen LogP contribution in [0.25, 0.3) is 0 Å². The summed E-state index contributed by atoms with van der Waals surface area (Å²) in [6, 6.07) is 6.55. The van der Waals surface area contributed by atoms with Gasteiger partial charge in [0.05, 0.1) is 12.1 Å². The van der Waals surface area contributed by atoms with Crippen LogP contribution in [-0.4, -0.2) is 41.7 Å². The standard InChI is InChI=1S/C17H23FN2O2/c18-14-3-1-2-13(10-14)16-11-20(9-8-19-16)17(22)12-4-6-15(21)7-5-12/h1-3,10,12,15-16,19,21H,4-9,11H2. The maximum Gasteiger partial charge on any atom is 0.225 e. The van der Waals surface area contributed by atoms with Crippen LogP contribution < -0.4 is 5.32 Å². The number of aliphatic hydroxyl groups is 1. The number of hydrogen-bond donors (Lipinski definition) is 2. The molecule has 3 rings (SSSR count). The number of amides is 1. The molecule has 1 aromatic carbocycles. The molecule has 1 aromatic rings. The summed E-state index contributed by atoms with van der Waals surface area (Å²) in [5.74, 6) is -0.0199. The highest BCUT2D eigenvalue weighted by atomic mass is 19.1. The molecule has 1 saturated heterocycles. The minimum absolute atomic E-state index is 0.0115. The first-order chi connectivity index (χ1) is 10.6. The summed E-state index contributed by atoms with van der Waals surface area (Å²) in [4.78, 5) is 14.5. The summed E-state index contributed by atoms with van der Waals surface area (Å²) >= 11 is 0. The lowest BCUT2D eigenvalue weighted by Crippen LogP contribution is -2.50. The van der Waals surface area contributed by atoms with E-state index >= 15 is 0 Å². The molecule has 1 atom stereocenters. The van der Waals surface area contributed by atoms with Crippen LogP contribution in [0, 0.1) is 11.7 Å². The van der Waals surface area contributed by atoms with E-state index < -0.39 is 0 Å². The van der Waals surface area contributed by atoms with Gasteiger partial charge in [0.15, 0.2) is 0 Å². The molecule has 1 aliphatic heterocycles. The first kappa shape index (κ1) is 15.4. The fraction of sp³-hybridized carbons (Fsp3) is 0.588. The maximum absolute atomic E-state index is 13.4. The fourth-order valence-corrected chi connectivity index (χ4v) is 3.48. The lowest BCUT2D eigenvalue weighted by molar-refractivity contribution is -0.138. The molecular formula is C17H23FN2O2. The van der Waals surface area contributed by atoms with Gasteiger partial charge in [-0.25, -0.2) is 4.39 Å². The number of rotatable bonds is 2. The van der Waals surface area contributed by atoms with Crippen LogP contribution in [0.5, 0.6) is 0 Å². The van der Waals surface area contributed by atoms with Gasteiger partial charge in [0.2, 0.25) is 5.91 Å². The van der Waals surface area contributed by atoms with Crippen molar-refractivity contribution in [2.24, 2.45) is 5.92 Å². The lowest BCUT2D eigenvalue weighted by Gasteiger charge is -2.37. The average Bonchev–Trinajstić information content (AvgIpc) is 2.55. The van der Waals surface area contributed by atoms with Crippen LogP contribution in [-0.2, 0) is 4.79 Å². The van der Waals surface area contributed by atoms with Crippen LogP contribution in [0.1, 0.15) is 37.3 Å². The molecule has 0 spiro atoms. The summed E-state index contributed by atoms with van der Waals surface area (Å²) in [5.41, 5.74) is 0.886. The highest BCUT2D eigenvalue weighted by molar-refractivity contribution is 5.79. The summed E-state index contributed by atoms with van der Waals surface area (Å²) in [7, 11) is 0. The molecule has 0 bridgehead atoms. The number of carbonyl (C=O) groups is 1. The van der Waals surface area contributed by atoms with Crippen LogP contribution in [0.15, 0.2) is 24.3 Å². The van der Waals surface area contributed by atoms with Crippen molar-refractivity contribution in [2.75, 3.05) is 19.6 Å². The van der Waals surface area contributed by atoms with E-state index in [4.69, 9.17) is 0 Å². The van der Waals surface area contributed by atoms with E-state index in [2.05, 4.69) is 5.32 Å². The van der Waals surface area contributed by atoms with Crippen molar-refractivity contribution in [3.63, 3.8) is 0 Å². The Morgan fingerprint density at radius 1 is 1.27 bits per heavy atom. The summed E-state index contributed by atoms with van der Waals surface area (Å²) in [5, 5.41) is 12.9. The van der Waals surface area contributed by atoms with Crippen LogP contribution in [0.3, 0.4) is 0 Å². The molecule has 1 amide bonds. The van der Waals surface area contributed by atoms with Gasteiger partial charge in [-0.15, -0.1) is 0 Å². The zero-order chi connectivity index (χ0) is 15.5. The largest absolute Gasteiger partial charge is 0.393 e. The summed E-state index contributed by atoms with van der Waals surface area (Å²) in [6.07, 6.45) is 2.74. The second-order valence-electron chi connectivity index (χ2n) is 6.35. The number of benzene rings is 1. The van der Waals surface area contributed by atoms with E-state index in [1.54, 1.807) is 6.07 Å². The number of hydrogen-bond acceptors (Lipinski definition) is 3. The number of halogens is 1. The number of nitrogens with one attached hydrogen (secondary N) is 1. The molecule has 1 saturated carbocycles. The zero-order valence-electron chi connectivity index (χ0n) is 12.7. The van der Waals surface area contributed by atoms with E-state index in [9.17, 15) is 14.3 Å². The van der Waals surface area contributed by atoms with Crippen molar-refractivity contribution in [2.45, 2.75) is 37.8 Å². The van der Waals surface area contributed by atoms with Crippen molar-refractivity contribution in [1.29, 1.82) is 0 Å². The Morgan fingerprint density at radius 3 is 2.77 bits per heavy atom. The first-order valence-corrected chi connectivity index (χ1v) is 8.09. The zero-order valence-corrected chi connectivity index (χ0v) is 12.7. The number of carbonyl (C=O) groups excluding carboxylic acids is 1.